The van der Waals surface area contributed by atoms with Crippen molar-refractivity contribution in [2.45, 2.75) is 51.6 Å². The van der Waals surface area contributed by atoms with Crippen LogP contribution in [0.25, 0.3) is 11.4 Å². The Bertz CT molecular complexity index is 807. The summed E-state index contributed by atoms with van der Waals surface area (Å²) in [7, 11) is 0. The van der Waals surface area contributed by atoms with Gasteiger partial charge in [-0.05, 0) is 25.0 Å². The van der Waals surface area contributed by atoms with Crippen molar-refractivity contribution in [3.8, 4) is 11.4 Å². The third-order valence-electron chi connectivity index (χ3n) is 5.06. The average molecular weight is 395 g/mol. The second kappa shape index (κ2) is 8.32. The molecule has 2 heterocycles. The summed E-state index contributed by atoms with van der Waals surface area (Å²) >= 11 is 0. The van der Waals surface area contributed by atoms with Gasteiger partial charge in [-0.2, -0.15) is 18.2 Å². The zero-order chi connectivity index (χ0) is 20.3. The molecule has 1 amide bonds. The lowest BCUT2D eigenvalue weighted by molar-refractivity contribution is -0.141. The fourth-order valence-electron chi connectivity index (χ4n) is 3.51. The Kier molecular flexibility index (Phi) is 6.05. The molecule has 152 valence electrons. The van der Waals surface area contributed by atoms with Crippen molar-refractivity contribution in [1.29, 1.82) is 0 Å². The molecule has 0 saturated carbocycles. The summed E-state index contributed by atoms with van der Waals surface area (Å²) in [5, 5.41) is 3.82. The number of nitrogens with zero attached hydrogens (tertiary/aromatic N) is 3. The van der Waals surface area contributed by atoms with Crippen LogP contribution in [-0.4, -0.2) is 34.0 Å². The van der Waals surface area contributed by atoms with Crippen molar-refractivity contribution in [1.82, 2.24) is 15.0 Å². The molecule has 0 aliphatic carbocycles. The molecule has 0 atom stereocenters. The van der Waals surface area contributed by atoms with Crippen LogP contribution in [0.5, 0.6) is 0 Å². The van der Waals surface area contributed by atoms with E-state index in [0.29, 0.717) is 19.0 Å². The molecule has 1 fully saturated rings. The molecule has 3 rings (SSSR count). The Balaban J connectivity index is 1.64. The fraction of sp³-hybridized carbons (Fsp3) is 0.550. The van der Waals surface area contributed by atoms with Crippen molar-refractivity contribution in [3.63, 3.8) is 0 Å². The van der Waals surface area contributed by atoms with Crippen molar-refractivity contribution >= 4 is 5.91 Å². The first-order valence-corrected chi connectivity index (χ1v) is 9.63. The predicted molar refractivity (Wildman–Crippen MR) is 97.4 cm³/mol. The highest BCUT2D eigenvalue weighted by Crippen LogP contribution is 2.33. The maximum Gasteiger partial charge on any atom is 0.416 e. The number of benzene rings is 1. The van der Waals surface area contributed by atoms with E-state index in [9.17, 15) is 18.0 Å². The minimum Gasteiger partial charge on any atom is -0.341 e. The largest absolute Gasteiger partial charge is 0.416 e. The highest BCUT2D eigenvalue weighted by Gasteiger charge is 2.38. The summed E-state index contributed by atoms with van der Waals surface area (Å²) in [6.07, 6.45) is -0.720. The summed E-state index contributed by atoms with van der Waals surface area (Å²) in [6, 6.07) is 4.84. The molecule has 8 heteroatoms. The number of rotatable bonds is 7. The molecule has 0 N–H and O–H groups in total. The van der Waals surface area contributed by atoms with Crippen molar-refractivity contribution in [2.75, 3.05) is 13.1 Å². The standard InChI is InChI=1S/C20H24F3N3O2/c1-3-6-13(7-4-2)19(27)26-11-15(12-26)18-24-17(25-28-18)14-8-5-9-16(10-14)20(21,22)23/h5,8-10,13,15H,3-4,6-7,11-12H2,1-2H3. The van der Waals surface area contributed by atoms with Gasteiger partial charge in [0, 0.05) is 24.6 Å². The van der Waals surface area contributed by atoms with E-state index in [1.807, 2.05) is 0 Å². The number of carbonyl (C=O) groups excluding carboxylic acids is 1. The number of hydrogen-bond acceptors (Lipinski definition) is 4. The first kappa shape index (κ1) is 20.4. The Morgan fingerprint density at radius 1 is 1.25 bits per heavy atom. The van der Waals surface area contributed by atoms with Crippen molar-refractivity contribution in [3.05, 3.63) is 35.7 Å². The first-order valence-electron chi connectivity index (χ1n) is 9.63. The molecule has 0 radical (unpaired) electrons. The van der Waals surface area contributed by atoms with Gasteiger partial charge >= 0.3 is 6.18 Å². The summed E-state index contributed by atoms with van der Waals surface area (Å²) in [5.74, 6) is 0.636. The zero-order valence-electron chi connectivity index (χ0n) is 16.0. The molecule has 1 saturated heterocycles. The van der Waals surface area contributed by atoms with Crippen LogP contribution in [-0.2, 0) is 11.0 Å². The SMILES string of the molecule is CCCC(CCC)C(=O)N1CC(c2nc(-c3cccc(C(F)(F)F)c3)no2)C1. The zero-order valence-corrected chi connectivity index (χ0v) is 16.0. The molecular formula is C20H24F3N3O2. The molecule has 28 heavy (non-hydrogen) atoms. The fourth-order valence-corrected chi connectivity index (χ4v) is 3.51. The van der Waals surface area contributed by atoms with Gasteiger partial charge in [-0.1, -0.05) is 44.0 Å². The van der Waals surface area contributed by atoms with Crippen LogP contribution in [0.3, 0.4) is 0 Å². The number of alkyl halides is 3. The van der Waals surface area contributed by atoms with Gasteiger partial charge in [0.15, 0.2) is 0 Å². The summed E-state index contributed by atoms with van der Waals surface area (Å²) in [6.45, 7) is 5.16. The molecule has 0 spiro atoms. The van der Waals surface area contributed by atoms with E-state index >= 15 is 0 Å². The van der Waals surface area contributed by atoms with Gasteiger partial charge in [0.25, 0.3) is 0 Å². The van der Waals surface area contributed by atoms with E-state index in [4.69, 9.17) is 4.52 Å². The van der Waals surface area contributed by atoms with E-state index in [-0.39, 0.29) is 29.1 Å². The van der Waals surface area contributed by atoms with Gasteiger partial charge in [-0.15, -0.1) is 0 Å². The molecule has 1 aliphatic heterocycles. The third-order valence-corrected chi connectivity index (χ3v) is 5.06. The lowest BCUT2D eigenvalue weighted by atomic mass is 9.92. The second-order valence-corrected chi connectivity index (χ2v) is 7.25. The van der Waals surface area contributed by atoms with Crippen LogP contribution in [0.2, 0.25) is 0 Å². The van der Waals surface area contributed by atoms with E-state index in [2.05, 4.69) is 24.0 Å². The summed E-state index contributed by atoms with van der Waals surface area (Å²) in [4.78, 5) is 18.6. The van der Waals surface area contributed by atoms with Crippen LogP contribution in [0, 0.1) is 5.92 Å². The highest BCUT2D eigenvalue weighted by atomic mass is 19.4. The summed E-state index contributed by atoms with van der Waals surface area (Å²) < 4.78 is 43.9. The van der Waals surface area contributed by atoms with E-state index < -0.39 is 11.7 Å². The lowest BCUT2D eigenvalue weighted by Crippen LogP contribution is -2.50. The Morgan fingerprint density at radius 2 is 1.93 bits per heavy atom. The average Bonchev–Trinajstić information content (AvgIpc) is 3.09. The number of halogens is 3. The smallest absolute Gasteiger partial charge is 0.341 e. The monoisotopic (exact) mass is 395 g/mol. The van der Waals surface area contributed by atoms with Crippen LogP contribution < -0.4 is 0 Å². The maximum absolute atomic E-state index is 12.9. The van der Waals surface area contributed by atoms with Crippen molar-refractivity contribution in [2.24, 2.45) is 5.92 Å². The number of likely N-dealkylation sites (tertiary alicyclic amines) is 1. The molecule has 0 bridgehead atoms. The van der Waals surface area contributed by atoms with Crippen LogP contribution in [0.15, 0.2) is 28.8 Å². The molecular weight excluding hydrogens is 371 g/mol. The number of hydrogen-bond donors (Lipinski definition) is 0. The minimum absolute atomic E-state index is 0.0549. The molecule has 2 aromatic rings. The van der Waals surface area contributed by atoms with Gasteiger partial charge in [0.2, 0.25) is 17.6 Å². The minimum atomic E-state index is -4.43. The van der Waals surface area contributed by atoms with E-state index in [0.717, 1.165) is 37.8 Å². The molecule has 1 aliphatic rings. The number of aromatic nitrogens is 2. The van der Waals surface area contributed by atoms with Gasteiger partial charge < -0.3 is 9.42 Å². The first-order chi connectivity index (χ1) is 13.3. The van der Waals surface area contributed by atoms with E-state index in [1.54, 1.807) is 4.90 Å². The van der Waals surface area contributed by atoms with E-state index in [1.165, 1.54) is 12.1 Å². The molecule has 1 aromatic heterocycles. The molecule has 5 nitrogen and oxygen atoms in total. The van der Waals surface area contributed by atoms with Crippen LogP contribution in [0.1, 0.15) is 56.9 Å². The summed E-state index contributed by atoms with van der Waals surface area (Å²) in [5.41, 5.74) is -0.502. The van der Waals surface area contributed by atoms with Gasteiger partial charge in [-0.25, -0.2) is 0 Å². The Labute approximate surface area is 161 Å². The lowest BCUT2D eigenvalue weighted by Gasteiger charge is -2.39. The predicted octanol–water partition coefficient (Wildman–Crippen LogP) is 4.90. The normalized spacial score (nSPS) is 15.1. The van der Waals surface area contributed by atoms with Gasteiger partial charge in [-0.3, -0.25) is 4.79 Å². The number of carbonyl (C=O) groups is 1. The quantitative estimate of drug-likeness (QED) is 0.669. The Morgan fingerprint density at radius 3 is 2.54 bits per heavy atom. The van der Waals surface area contributed by atoms with Crippen molar-refractivity contribution < 1.29 is 22.5 Å². The Hall–Kier alpha value is -2.38. The maximum atomic E-state index is 12.9. The molecule has 1 aromatic carbocycles. The third kappa shape index (κ3) is 4.36. The topological polar surface area (TPSA) is 59.2 Å². The van der Waals surface area contributed by atoms with Gasteiger partial charge in [0.1, 0.15) is 0 Å². The van der Waals surface area contributed by atoms with Gasteiger partial charge in [0.05, 0.1) is 11.5 Å². The second-order valence-electron chi connectivity index (χ2n) is 7.25. The van der Waals surface area contributed by atoms with Crippen LogP contribution in [0.4, 0.5) is 13.2 Å². The molecule has 0 unspecified atom stereocenters. The number of amides is 1. The highest BCUT2D eigenvalue weighted by molar-refractivity contribution is 5.79. The van der Waals surface area contributed by atoms with Crippen LogP contribution >= 0.6 is 0 Å².